The highest BCUT2D eigenvalue weighted by Gasteiger charge is 2.13. The third kappa shape index (κ3) is 2.94. The molecule has 0 bridgehead atoms. The van der Waals surface area contributed by atoms with Gasteiger partial charge in [0, 0.05) is 25.3 Å². The van der Waals surface area contributed by atoms with Crippen LogP contribution >= 0.6 is 23.8 Å². The van der Waals surface area contributed by atoms with Crippen LogP contribution in [0.15, 0.2) is 24.3 Å². The summed E-state index contributed by atoms with van der Waals surface area (Å²) in [7, 11) is 3.91. The van der Waals surface area contributed by atoms with Crippen molar-refractivity contribution in [2.45, 2.75) is 13.5 Å². The molecule has 0 spiro atoms. The molecule has 0 radical (unpaired) electrons. The highest BCUT2D eigenvalue weighted by atomic mass is 35.5. The maximum Gasteiger partial charge on any atom is 0.103 e. The van der Waals surface area contributed by atoms with Crippen molar-refractivity contribution in [2.75, 3.05) is 11.9 Å². The monoisotopic (exact) mass is 308 g/mol. The number of nitrogens with two attached hydrogens (primary N) is 1. The van der Waals surface area contributed by atoms with E-state index in [1.54, 1.807) is 0 Å². The van der Waals surface area contributed by atoms with Gasteiger partial charge in [-0.3, -0.25) is 4.68 Å². The summed E-state index contributed by atoms with van der Waals surface area (Å²) < 4.78 is 1.82. The number of hydrogen-bond donors (Lipinski definition) is 1. The Bertz CT molecular complexity index is 633. The van der Waals surface area contributed by atoms with Gasteiger partial charge in [-0.2, -0.15) is 5.10 Å². The number of aromatic nitrogens is 2. The standard InChI is InChI=1S/C14H17ClN4S/c1-9-13(15)12(19(3)17-9)8-18(2)11-6-4-10(5-7-11)14(16)20/h4-7H,8H2,1-3H3,(H2,16,20). The van der Waals surface area contributed by atoms with E-state index >= 15 is 0 Å². The zero-order valence-electron chi connectivity index (χ0n) is 11.7. The number of benzene rings is 1. The second-order valence-corrected chi connectivity index (χ2v) is 5.55. The minimum atomic E-state index is 0.407. The number of hydrogen-bond acceptors (Lipinski definition) is 3. The second-order valence-electron chi connectivity index (χ2n) is 4.74. The zero-order valence-corrected chi connectivity index (χ0v) is 13.3. The molecular formula is C14H17ClN4S. The molecule has 0 aliphatic rings. The lowest BCUT2D eigenvalue weighted by Gasteiger charge is -2.20. The fourth-order valence-corrected chi connectivity index (χ4v) is 2.40. The molecule has 0 aliphatic carbocycles. The van der Waals surface area contributed by atoms with Crippen LogP contribution in [0.4, 0.5) is 5.69 Å². The molecule has 2 aromatic rings. The molecule has 0 atom stereocenters. The van der Waals surface area contributed by atoms with Gasteiger partial charge in [0.05, 0.1) is 23.0 Å². The molecule has 20 heavy (non-hydrogen) atoms. The van der Waals surface area contributed by atoms with E-state index in [1.807, 2.05) is 50.0 Å². The molecule has 2 N–H and O–H groups in total. The molecule has 0 saturated carbocycles. The number of thiocarbonyl (C=S) groups is 1. The van der Waals surface area contributed by atoms with E-state index < -0.39 is 0 Å². The molecule has 1 aromatic heterocycles. The van der Waals surface area contributed by atoms with Crippen LogP contribution in [0.1, 0.15) is 17.0 Å². The molecule has 106 valence electrons. The third-order valence-electron chi connectivity index (χ3n) is 3.24. The van der Waals surface area contributed by atoms with Crippen LogP contribution in [0.25, 0.3) is 0 Å². The van der Waals surface area contributed by atoms with Crippen molar-refractivity contribution in [3.63, 3.8) is 0 Å². The molecule has 1 aromatic carbocycles. The van der Waals surface area contributed by atoms with Crippen LogP contribution in [0.3, 0.4) is 0 Å². The summed E-state index contributed by atoms with van der Waals surface area (Å²) in [5.41, 5.74) is 9.37. The zero-order chi connectivity index (χ0) is 14.9. The Morgan fingerprint density at radius 1 is 1.40 bits per heavy atom. The molecule has 0 fully saturated rings. The van der Waals surface area contributed by atoms with Crippen molar-refractivity contribution in [2.24, 2.45) is 12.8 Å². The SMILES string of the molecule is Cc1nn(C)c(CN(C)c2ccc(C(N)=S)cc2)c1Cl. The van der Waals surface area contributed by atoms with Gasteiger partial charge in [0.15, 0.2) is 0 Å². The smallest absolute Gasteiger partial charge is 0.103 e. The maximum atomic E-state index is 6.27. The van der Waals surface area contributed by atoms with Crippen molar-refractivity contribution in [3.05, 3.63) is 46.2 Å². The van der Waals surface area contributed by atoms with Gasteiger partial charge in [-0.1, -0.05) is 23.8 Å². The van der Waals surface area contributed by atoms with Crippen molar-refractivity contribution in [3.8, 4) is 0 Å². The number of aryl methyl sites for hydroxylation is 2. The molecular weight excluding hydrogens is 292 g/mol. The van der Waals surface area contributed by atoms with E-state index in [1.165, 1.54) is 0 Å². The Kier molecular flexibility index (Phi) is 4.30. The first kappa shape index (κ1) is 14.8. The first-order chi connectivity index (χ1) is 9.40. The lowest BCUT2D eigenvalue weighted by molar-refractivity contribution is 0.694. The number of anilines is 1. The van der Waals surface area contributed by atoms with E-state index in [2.05, 4.69) is 10.00 Å². The van der Waals surface area contributed by atoms with E-state index in [9.17, 15) is 0 Å². The molecule has 2 rings (SSSR count). The number of nitrogens with zero attached hydrogens (tertiary/aromatic N) is 3. The average molecular weight is 309 g/mol. The predicted octanol–water partition coefficient (Wildman–Crippen LogP) is 2.65. The highest BCUT2D eigenvalue weighted by molar-refractivity contribution is 7.80. The lowest BCUT2D eigenvalue weighted by Crippen LogP contribution is -2.19. The summed E-state index contributed by atoms with van der Waals surface area (Å²) in [6, 6.07) is 7.83. The topological polar surface area (TPSA) is 47.1 Å². The molecule has 1 heterocycles. The van der Waals surface area contributed by atoms with Crippen molar-refractivity contribution < 1.29 is 0 Å². The van der Waals surface area contributed by atoms with Crippen LogP contribution in [-0.2, 0) is 13.6 Å². The summed E-state index contributed by atoms with van der Waals surface area (Å²) in [5.74, 6) is 0. The van der Waals surface area contributed by atoms with Crippen LogP contribution in [0, 0.1) is 6.92 Å². The molecule has 0 saturated heterocycles. The van der Waals surface area contributed by atoms with Gasteiger partial charge in [-0.15, -0.1) is 0 Å². The van der Waals surface area contributed by atoms with E-state index in [-0.39, 0.29) is 0 Å². The van der Waals surface area contributed by atoms with Crippen molar-refractivity contribution in [1.82, 2.24) is 9.78 Å². The highest BCUT2D eigenvalue weighted by Crippen LogP contribution is 2.23. The first-order valence-corrected chi connectivity index (χ1v) is 6.97. The molecule has 0 amide bonds. The molecule has 0 aliphatic heterocycles. The summed E-state index contributed by atoms with van der Waals surface area (Å²) >= 11 is 11.2. The average Bonchev–Trinajstić information content (AvgIpc) is 2.65. The fourth-order valence-electron chi connectivity index (χ4n) is 2.05. The summed E-state index contributed by atoms with van der Waals surface area (Å²) in [4.78, 5) is 2.51. The predicted molar refractivity (Wildman–Crippen MR) is 87.4 cm³/mol. The summed E-state index contributed by atoms with van der Waals surface area (Å²) in [6.07, 6.45) is 0. The normalized spacial score (nSPS) is 10.6. The van der Waals surface area contributed by atoms with Gasteiger partial charge in [0.25, 0.3) is 0 Å². The Balaban J connectivity index is 2.19. The number of rotatable bonds is 4. The minimum absolute atomic E-state index is 0.407. The lowest BCUT2D eigenvalue weighted by atomic mass is 10.2. The van der Waals surface area contributed by atoms with E-state index in [4.69, 9.17) is 29.6 Å². The summed E-state index contributed by atoms with van der Waals surface area (Å²) in [6.45, 7) is 2.59. The van der Waals surface area contributed by atoms with Gasteiger partial charge >= 0.3 is 0 Å². The quantitative estimate of drug-likeness (QED) is 0.882. The first-order valence-electron chi connectivity index (χ1n) is 6.19. The van der Waals surface area contributed by atoms with Crippen LogP contribution < -0.4 is 10.6 Å². The van der Waals surface area contributed by atoms with Crippen molar-refractivity contribution >= 4 is 34.5 Å². The van der Waals surface area contributed by atoms with E-state index in [0.29, 0.717) is 11.5 Å². The van der Waals surface area contributed by atoms with Crippen molar-refractivity contribution in [1.29, 1.82) is 0 Å². The van der Waals surface area contributed by atoms with Crippen LogP contribution in [0.5, 0.6) is 0 Å². The largest absolute Gasteiger partial charge is 0.389 e. The van der Waals surface area contributed by atoms with Gasteiger partial charge in [0.2, 0.25) is 0 Å². The molecule has 6 heteroatoms. The van der Waals surface area contributed by atoms with Gasteiger partial charge in [0.1, 0.15) is 4.99 Å². The second kappa shape index (κ2) is 5.81. The Morgan fingerprint density at radius 3 is 2.45 bits per heavy atom. The fraction of sp³-hybridized carbons (Fsp3) is 0.286. The van der Waals surface area contributed by atoms with Gasteiger partial charge in [-0.05, 0) is 31.2 Å². The summed E-state index contributed by atoms with van der Waals surface area (Å²) in [5, 5.41) is 5.04. The molecule has 4 nitrogen and oxygen atoms in total. The van der Waals surface area contributed by atoms with Crippen LogP contribution in [-0.4, -0.2) is 21.8 Å². The Labute approximate surface area is 129 Å². The van der Waals surface area contributed by atoms with Gasteiger partial charge in [-0.25, -0.2) is 0 Å². The van der Waals surface area contributed by atoms with Gasteiger partial charge < -0.3 is 10.6 Å². The maximum absolute atomic E-state index is 6.27. The Morgan fingerprint density at radius 2 is 2.00 bits per heavy atom. The minimum Gasteiger partial charge on any atom is -0.389 e. The molecule has 0 unspecified atom stereocenters. The third-order valence-corrected chi connectivity index (χ3v) is 3.97. The van der Waals surface area contributed by atoms with Crippen LogP contribution in [0.2, 0.25) is 5.02 Å². The number of halogens is 1. The Hall–Kier alpha value is -1.59. The van der Waals surface area contributed by atoms with E-state index in [0.717, 1.165) is 27.7 Å².